The van der Waals surface area contributed by atoms with Crippen molar-refractivity contribution in [1.82, 2.24) is 14.8 Å². The molecule has 4 heteroatoms. The molecule has 0 aliphatic rings. The number of fused-ring (bicyclic) bond motifs is 1. The van der Waals surface area contributed by atoms with Gasteiger partial charge in [0.15, 0.2) is 0 Å². The van der Waals surface area contributed by atoms with Gasteiger partial charge in [-0.1, -0.05) is 0 Å². The zero-order valence-corrected chi connectivity index (χ0v) is 7.78. The second-order valence-electron chi connectivity index (χ2n) is 3.06. The fraction of sp³-hybridized carbons (Fsp3) is 0.333. The molecule has 0 bridgehead atoms. The fourth-order valence-corrected chi connectivity index (χ4v) is 1.64. The molecule has 2 aromatic heterocycles. The van der Waals surface area contributed by atoms with Crippen LogP contribution in [0.3, 0.4) is 0 Å². The van der Waals surface area contributed by atoms with Gasteiger partial charge in [0.2, 0.25) is 0 Å². The number of aromatic nitrogens is 3. The first-order chi connectivity index (χ1) is 6.24. The predicted octanol–water partition coefficient (Wildman–Crippen LogP) is 0.735. The molecule has 4 nitrogen and oxygen atoms in total. The summed E-state index contributed by atoms with van der Waals surface area (Å²) in [5.41, 5.74) is 8.60. The fourth-order valence-electron chi connectivity index (χ4n) is 1.64. The number of hydrogen-bond acceptors (Lipinski definition) is 3. The third kappa shape index (κ3) is 1.10. The van der Waals surface area contributed by atoms with E-state index in [1.54, 1.807) is 6.20 Å². The van der Waals surface area contributed by atoms with Crippen molar-refractivity contribution >= 4 is 10.9 Å². The molecule has 13 heavy (non-hydrogen) atoms. The molecule has 2 heterocycles. The number of pyridine rings is 1. The Kier molecular flexibility index (Phi) is 1.77. The predicted molar refractivity (Wildman–Crippen MR) is 51.1 cm³/mol. The molecule has 0 unspecified atom stereocenters. The van der Waals surface area contributed by atoms with Crippen molar-refractivity contribution in [1.29, 1.82) is 0 Å². The minimum Gasteiger partial charge on any atom is -0.325 e. The molecule has 0 radical (unpaired) electrons. The van der Waals surface area contributed by atoms with Crippen molar-refractivity contribution in [3.63, 3.8) is 0 Å². The second kappa shape index (κ2) is 2.81. The van der Waals surface area contributed by atoms with Crippen LogP contribution in [0.15, 0.2) is 12.3 Å². The van der Waals surface area contributed by atoms with Crippen LogP contribution in [-0.2, 0) is 13.6 Å². The van der Waals surface area contributed by atoms with E-state index in [0.29, 0.717) is 6.54 Å². The Bertz CT molecular complexity index is 444. The highest BCUT2D eigenvalue weighted by atomic mass is 15.3. The molecular weight excluding hydrogens is 164 g/mol. The van der Waals surface area contributed by atoms with Crippen LogP contribution in [0.4, 0.5) is 0 Å². The third-order valence-corrected chi connectivity index (χ3v) is 2.21. The molecule has 2 N–H and O–H groups in total. The van der Waals surface area contributed by atoms with Gasteiger partial charge in [0.05, 0.1) is 16.9 Å². The van der Waals surface area contributed by atoms with Crippen LogP contribution < -0.4 is 5.73 Å². The molecule has 0 amide bonds. The van der Waals surface area contributed by atoms with E-state index >= 15 is 0 Å². The molecule has 0 spiro atoms. The van der Waals surface area contributed by atoms with Gasteiger partial charge in [-0.15, -0.1) is 0 Å². The van der Waals surface area contributed by atoms with Crippen LogP contribution in [0.2, 0.25) is 0 Å². The lowest BCUT2D eigenvalue weighted by Crippen LogP contribution is -2.00. The Balaban J connectivity index is 2.88. The number of nitrogens with two attached hydrogens (primary N) is 1. The zero-order valence-electron chi connectivity index (χ0n) is 7.78. The smallest absolute Gasteiger partial charge is 0.0716 e. The standard InChI is InChI=1S/C9H12N4/c1-6-9-7(5-10)11-4-3-8(9)13(2)12-6/h3-4H,5,10H2,1-2H3. The number of nitrogens with zero attached hydrogens (tertiary/aromatic N) is 3. The summed E-state index contributed by atoms with van der Waals surface area (Å²) in [6.07, 6.45) is 1.77. The lowest BCUT2D eigenvalue weighted by molar-refractivity contribution is 0.783. The van der Waals surface area contributed by atoms with Crippen molar-refractivity contribution in [3.05, 3.63) is 23.7 Å². The van der Waals surface area contributed by atoms with Gasteiger partial charge in [0, 0.05) is 25.2 Å². The SMILES string of the molecule is Cc1nn(C)c2ccnc(CN)c12. The maximum atomic E-state index is 5.59. The highest BCUT2D eigenvalue weighted by Crippen LogP contribution is 2.19. The monoisotopic (exact) mass is 176 g/mol. The minimum absolute atomic E-state index is 0.462. The summed E-state index contributed by atoms with van der Waals surface area (Å²) in [4.78, 5) is 4.22. The Morgan fingerprint density at radius 2 is 2.31 bits per heavy atom. The second-order valence-corrected chi connectivity index (χ2v) is 3.06. The normalized spacial score (nSPS) is 11.0. The van der Waals surface area contributed by atoms with Crippen molar-refractivity contribution < 1.29 is 0 Å². The average Bonchev–Trinajstić information content (AvgIpc) is 2.43. The lowest BCUT2D eigenvalue weighted by Gasteiger charge is -1.98. The van der Waals surface area contributed by atoms with E-state index in [1.165, 1.54) is 0 Å². The summed E-state index contributed by atoms with van der Waals surface area (Å²) in [6, 6.07) is 1.95. The van der Waals surface area contributed by atoms with Gasteiger partial charge in [-0.25, -0.2) is 0 Å². The van der Waals surface area contributed by atoms with E-state index in [0.717, 1.165) is 22.3 Å². The molecule has 2 rings (SSSR count). The average molecular weight is 176 g/mol. The van der Waals surface area contributed by atoms with Crippen LogP contribution >= 0.6 is 0 Å². The molecule has 68 valence electrons. The largest absolute Gasteiger partial charge is 0.325 e. The summed E-state index contributed by atoms with van der Waals surface area (Å²) in [5.74, 6) is 0. The van der Waals surface area contributed by atoms with Crippen LogP contribution in [0, 0.1) is 6.92 Å². The van der Waals surface area contributed by atoms with Gasteiger partial charge in [-0.05, 0) is 13.0 Å². The van der Waals surface area contributed by atoms with E-state index < -0.39 is 0 Å². The summed E-state index contributed by atoms with van der Waals surface area (Å²) >= 11 is 0. The van der Waals surface area contributed by atoms with Gasteiger partial charge < -0.3 is 5.73 Å². The van der Waals surface area contributed by atoms with Gasteiger partial charge in [-0.3, -0.25) is 9.67 Å². The van der Waals surface area contributed by atoms with Gasteiger partial charge in [0.25, 0.3) is 0 Å². The first-order valence-corrected chi connectivity index (χ1v) is 4.21. The molecule has 0 fully saturated rings. The Morgan fingerprint density at radius 3 is 3.00 bits per heavy atom. The van der Waals surface area contributed by atoms with E-state index in [1.807, 2.05) is 24.7 Å². The van der Waals surface area contributed by atoms with E-state index in [9.17, 15) is 0 Å². The van der Waals surface area contributed by atoms with Crippen LogP contribution in [-0.4, -0.2) is 14.8 Å². The Labute approximate surface area is 76.4 Å². The number of aryl methyl sites for hydroxylation is 2. The Hall–Kier alpha value is -1.42. The maximum absolute atomic E-state index is 5.59. The molecule has 0 aromatic carbocycles. The van der Waals surface area contributed by atoms with Gasteiger partial charge >= 0.3 is 0 Å². The number of rotatable bonds is 1. The minimum atomic E-state index is 0.462. The molecule has 0 atom stereocenters. The third-order valence-electron chi connectivity index (χ3n) is 2.21. The van der Waals surface area contributed by atoms with Crippen LogP contribution in [0.25, 0.3) is 10.9 Å². The topological polar surface area (TPSA) is 56.7 Å². The van der Waals surface area contributed by atoms with E-state index in [4.69, 9.17) is 5.73 Å². The van der Waals surface area contributed by atoms with E-state index in [-0.39, 0.29) is 0 Å². The number of hydrogen-bond donors (Lipinski definition) is 1. The van der Waals surface area contributed by atoms with Gasteiger partial charge in [0.1, 0.15) is 0 Å². The van der Waals surface area contributed by atoms with E-state index in [2.05, 4.69) is 10.1 Å². The Morgan fingerprint density at radius 1 is 1.54 bits per heavy atom. The molecule has 0 aliphatic carbocycles. The van der Waals surface area contributed by atoms with Crippen molar-refractivity contribution in [2.45, 2.75) is 13.5 Å². The quantitative estimate of drug-likeness (QED) is 0.697. The summed E-state index contributed by atoms with van der Waals surface area (Å²) in [6.45, 7) is 2.44. The zero-order chi connectivity index (χ0) is 9.42. The molecule has 0 saturated heterocycles. The molecule has 0 saturated carbocycles. The maximum Gasteiger partial charge on any atom is 0.0716 e. The van der Waals surface area contributed by atoms with Crippen LogP contribution in [0.5, 0.6) is 0 Å². The highest BCUT2D eigenvalue weighted by Gasteiger charge is 2.08. The van der Waals surface area contributed by atoms with Crippen molar-refractivity contribution in [2.75, 3.05) is 0 Å². The molecule has 0 aliphatic heterocycles. The summed E-state index contributed by atoms with van der Waals surface area (Å²) in [5, 5.41) is 5.41. The molecular formula is C9H12N4. The van der Waals surface area contributed by atoms with Crippen LogP contribution in [0.1, 0.15) is 11.4 Å². The summed E-state index contributed by atoms with van der Waals surface area (Å²) < 4.78 is 1.85. The highest BCUT2D eigenvalue weighted by molar-refractivity contribution is 5.83. The first kappa shape index (κ1) is 8.19. The van der Waals surface area contributed by atoms with Gasteiger partial charge in [-0.2, -0.15) is 5.10 Å². The summed E-state index contributed by atoms with van der Waals surface area (Å²) in [7, 11) is 1.93. The lowest BCUT2D eigenvalue weighted by atomic mass is 10.2. The molecule has 2 aromatic rings. The van der Waals surface area contributed by atoms with Crippen molar-refractivity contribution in [2.24, 2.45) is 12.8 Å². The first-order valence-electron chi connectivity index (χ1n) is 4.21. The van der Waals surface area contributed by atoms with Crippen molar-refractivity contribution in [3.8, 4) is 0 Å².